The van der Waals surface area contributed by atoms with Crippen molar-refractivity contribution in [1.29, 1.82) is 0 Å². The van der Waals surface area contributed by atoms with E-state index in [0.717, 1.165) is 37.0 Å². The predicted octanol–water partition coefficient (Wildman–Crippen LogP) is 4.08. The number of para-hydroxylation sites is 1. The summed E-state index contributed by atoms with van der Waals surface area (Å²) < 4.78 is 5.48. The van der Waals surface area contributed by atoms with Crippen LogP contribution in [0.5, 0.6) is 5.75 Å². The van der Waals surface area contributed by atoms with Crippen LogP contribution in [0.2, 0.25) is 0 Å². The van der Waals surface area contributed by atoms with Gasteiger partial charge in [0.15, 0.2) is 0 Å². The maximum absolute atomic E-state index is 13.0. The first-order valence-electron chi connectivity index (χ1n) is 10.1. The number of nitrogens with zero attached hydrogens (tertiary/aromatic N) is 1. The quantitative estimate of drug-likeness (QED) is 0.418. The van der Waals surface area contributed by atoms with Crippen LogP contribution in [0.4, 0.5) is 10.5 Å². The van der Waals surface area contributed by atoms with Crippen molar-refractivity contribution >= 4 is 18.0 Å². The summed E-state index contributed by atoms with van der Waals surface area (Å²) >= 11 is 0. The number of ether oxygens (including phenoxy) is 1. The van der Waals surface area contributed by atoms with E-state index in [0.29, 0.717) is 25.3 Å². The molecule has 0 aromatic heterocycles. The van der Waals surface area contributed by atoms with Gasteiger partial charge in [0.2, 0.25) is 0 Å². The largest absolute Gasteiger partial charge is 0.494 e. The van der Waals surface area contributed by atoms with Crippen molar-refractivity contribution in [3.8, 4) is 5.75 Å². The van der Waals surface area contributed by atoms with Crippen LogP contribution in [0.1, 0.15) is 31.7 Å². The summed E-state index contributed by atoms with van der Waals surface area (Å²) in [6.45, 7) is 3.78. The van der Waals surface area contributed by atoms with Crippen LogP contribution >= 0.6 is 0 Å². The van der Waals surface area contributed by atoms with E-state index in [1.54, 1.807) is 4.90 Å². The molecule has 6 nitrogen and oxygen atoms in total. The first-order valence-corrected chi connectivity index (χ1v) is 10.1. The third-order valence-electron chi connectivity index (χ3n) is 4.61. The Morgan fingerprint density at radius 1 is 1.10 bits per heavy atom. The van der Waals surface area contributed by atoms with E-state index in [2.05, 4.69) is 10.6 Å². The van der Waals surface area contributed by atoms with Gasteiger partial charge in [-0.15, -0.1) is 0 Å². The van der Waals surface area contributed by atoms with Gasteiger partial charge in [0.05, 0.1) is 12.6 Å². The van der Waals surface area contributed by atoms with Gasteiger partial charge >= 0.3 is 6.03 Å². The van der Waals surface area contributed by atoms with Crippen molar-refractivity contribution in [1.82, 2.24) is 10.2 Å². The molecule has 2 rings (SSSR count). The third kappa shape index (κ3) is 7.58. The molecule has 1 unspecified atom stereocenters. The SMILES string of the molecule is CCOc1ccc(CN(C(=O)Nc2ccccc2)C(C=O)CCCCNC)cc1. The van der Waals surface area contributed by atoms with E-state index in [-0.39, 0.29) is 6.03 Å². The lowest BCUT2D eigenvalue weighted by atomic mass is 10.1. The van der Waals surface area contributed by atoms with Gasteiger partial charge in [0.1, 0.15) is 12.0 Å². The van der Waals surface area contributed by atoms with E-state index < -0.39 is 6.04 Å². The first kappa shape index (κ1) is 22.4. The van der Waals surface area contributed by atoms with Gasteiger partial charge in [-0.05, 0) is 69.6 Å². The van der Waals surface area contributed by atoms with Crippen molar-refractivity contribution in [3.05, 3.63) is 60.2 Å². The zero-order chi connectivity index (χ0) is 20.9. The lowest BCUT2D eigenvalue weighted by Gasteiger charge is -2.29. The number of hydrogen-bond donors (Lipinski definition) is 2. The first-order chi connectivity index (χ1) is 14.2. The highest BCUT2D eigenvalue weighted by Gasteiger charge is 2.23. The van der Waals surface area contributed by atoms with Gasteiger partial charge in [0, 0.05) is 12.2 Å². The second kappa shape index (κ2) is 12.6. The van der Waals surface area contributed by atoms with Crippen LogP contribution in [0.15, 0.2) is 54.6 Å². The van der Waals surface area contributed by atoms with E-state index in [1.807, 2.05) is 68.6 Å². The van der Waals surface area contributed by atoms with E-state index >= 15 is 0 Å². The molecule has 0 spiro atoms. The number of hydrogen-bond acceptors (Lipinski definition) is 4. The second-order valence-electron chi connectivity index (χ2n) is 6.80. The minimum Gasteiger partial charge on any atom is -0.494 e. The summed E-state index contributed by atoms with van der Waals surface area (Å²) in [6, 6.07) is 16.1. The number of amides is 2. The molecule has 0 saturated heterocycles. The molecule has 0 aliphatic carbocycles. The summed E-state index contributed by atoms with van der Waals surface area (Å²) in [7, 11) is 1.91. The number of nitrogens with one attached hydrogen (secondary N) is 2. The van der Waals surface area contributed by atoms with Crippen molar-refractivity contribution in [2.75, 3.05) is 25.5 Å². The average Bonchev–Trinajstić information content (AvgIpc) is 2.75. The molecule has 0 saturated carbocycles. The van der Waals surface area contributed by atoms with Gasteiger partial charge in [-0.2, -0.15) is 0 Å². The number of aldehydes is 1. The molecular weight excluding hydrogens is 366 g/mol. The zero-order valence-corrected chi connectivity index (χ0v) is 17.3. The van der Waals surface area contributed by atoms with Crippen LogP contribution in [0.3, 0.4) is 0 Å². The standard InChI is InChI=1S/C23H31N3O3/c1-3-29-22-14-12-19(13-15-22)17-26(21(18-27)11-7-8-16-24-2)23(28)25-20-9-5-4-6-10-20/h4-6,9-10,12-15,18,21,24H,3,7-8,11,16-17H2,1-2H3,(H,25,28). The van der Waals surface area contributed by atoms with Crippen LogP contribution in [0.25, 0.3) is 0 Å². The molecule has 0 bridgehead atoms. The summed E-state index contributed by atoms with van der Waals surface area (Å²) in [4.78, 5) is 26.4. The molecule has 1 atom stereocenters. The number of carbonyl (C=O) groups is 2. The Bertz CT molecular complexity index is 735. The summed E-state index contributed by atoms with van der Waals surface area (Å²) in [5.74, 6) is 0.788. The van der Waals surface area contributed by atoms with Crippen molar-refractivity contribution in [2.24, 2.45) is 0 Å². The molecule has 156 valence electrons. The molecule has 0 aliphatic rings. The molecule has 29 heavy (non-hydrogen) atoms. The predicted molar refractivity (Wildman–Crippen MR) is 116 cm³/mol. The van der Waals surface area contributed by atoms with Gasteiger partial charge in [0.25, 0.3) is 0 Å². The Hall–Kier alpha value is -2.86. The van der Waals surface area contributed by atoms with Gasteiger partial charge in [-0.25, -0.2) is 4.79 Å². The highest BCUT2D eigenvalue weighted by molar-refractivity contribution is 5.91. The number of unbranched alkanes of at least 4 members (excludes halogenated alkanes) is 1. The Morgan fingerprint density at radius 2 is 1.83 bits per heavy atom. The van der Waals surface area contributed by atoms with E-state index in [1.165, 1.54) is 0 Å². The van der Waals surface area contributed by atoms with Gasteiger partial charge < -0.3 is 25.1 Å². The molecule has 2 aromatic carbocycles. The molecular formula is C23H31N3O3. The molecule has 2 amide bonds. The Labute approximate surface area is 173 Å². The third-order valence-corrected chi connectivity index (χ3v) is 4.61. The zero-order valence-electron chi connectivity index (χ0n) is 17.3. The molecule has 2 aromatic rings. The van der Waals surface area contributed by atoms with Gasteiger partial charge in [-0.1, -0.05) is 30.3 Å². The summed E-state index contributed by atoms with van der Waals surface area (Å²) in [6.07, 6.45) is 3.32. The number of rotatable bonds is 12. The lowest BCUT2D eigenvalue weighted by molar-refractivity contribution is -0.111. The summed E-state index contributed by atoms with van der Waals surface area (Å²) in [5, 5.41) is 6.01. The maximum atomic E-state index is 13.0. The lowest BCUT2D eigenvalue weighted by Crippen LogP contribution is -2.43. The number of anilines is 1. The Kier molecular flexibility index (Phi) is 9.72. The van der Waals surface area contributed by atoms with E-state index in [4.69, 9.17) is 4.74 Å². The fourth-order valence-electron chi connectivity index (χ4n) is 3.06. The minimum atomic E-state index is -0.484. The van der Waals surface area contributed by atoms with E-state index in [9.17, 15) is 9.59 Å². The molecule has 6 heteroatoms. The molecule has 0 heterocycles. The maximum Gasteiger partial charge on any atom is 0.322 e. The van der Waals surface area contributed by atoms with Crippen LogP contribution in [0, 0.1) is 0 Å². The Morgan fingerprint density at radius 3 is 2.45 bits per heavy atom. The summed E-state index contributed by atoms with van der Waals surface area (Å²) in [5.41, 5.74) is 1.65. The van der Waals surface area contributed by atoms with Crippen LogP contribution in [-0.2, 0) is 11.3 Å². The fraction of sp³-hybridized carbons (Fsp3) is 0.391. The highest BCUT2D eigenvalue weighted by atomic mass is 16.5. The molecule has 2 N–H and O–H groups in total. The highest BCUT2D eigenvalue weighted by Crippen LogP contribution is 2.18. The number of urea groups is 1. The Balaban J connectivity index is 2.13. The van der Waals surface area contributed by atoms with Crippen LogP contribution < -0.4 is 15.4 Å². The van der Waals surface area contributed by atoms with Crippen molar-refractivity contribution in [2.45, 2.75) is 38.8 Å². The normalized spacial score (nSPS) is 11.5. The van der Waals surface area contributed by atoms with Crippen molar-refractivity contribution < 1.29 is 14.3 Å². The average molecular weight is 398 g/mol. The smallest absolute Gasteiger partial charge is 0.322 e. The topological polar surface area (TPSA) is 70.7 Å². The monoisotopic (exact) mass is 397 g/mol. The van der Waals surface area contributed by atoms with Crippen molar-refractivity contribution in [3.63, 3.8) is 0 Å². The second-order valence-corrected chi connectivity index (χ2v) is 6.80. The minimum absolute atomic E-state index is 0.282. The number of benzene rings is 2. The fourth-order valence-corrected chi connectivity index (χ4v) is 3.06. The molecule has 0 radical (unpaired) electrons. The van der Waals surface area contributed by atoms with Gasteiger partial charge in [-0.3, -0.25) is 0 Å². The molecule has 0 aliphatic heterocycles. The molecule has 0 fully saturated rings. The number of carbonyl (C=O) groups excluding carboxylic acids is 2. The van der Waals surface area contributed by atoms with Crippen LogP contribution in [-0.4, -0.2) is 43.5 Å².